The van der Waals surface area contributed by atoms with E-state index in [2.05, 4.69) is 10.2 Å². The molecule has 0 spiro atoms. The highest BCUT2D eigenvalue weighted by atomic mass is 35.5. The minimum absolute atomic E-state index is 0.0234. The third-order valence-electron chi connectivity index (χ3n) is 1.99. The van der Waals surface area contributed by atoms with Gasteiger partial charge < -0.3 is 4.74 Å². The molecule has 2 aromatic rings. The molecular formula is C11H7Cl2FN2O. The van der Waals surface area contributed by atoms with E-state index in [1.807, 2.05) is 6.92 Å². The molecule has 0 radical (unpaired) electrons. The molecule has 0 amide bonds. The second kappa shape index (κ2) is 4.85. The van der Waals surface area contributed by atoms with Gasteiger partial charge in [0.1, 0.15) is 0 Å². The maximum atomic E-state index is 13.5. The number of hydrogen-bond acceptors (Lipinski definition) is 3. The van der Waals surface area contributed by atoms with Crippen LogP contribution in [0, 0.1) is 12.7 Å². The molecule has 0 atom stereocenters. The van der Waals surface area contributed by atoms with Gasteiger partial charge in [-0.1, -0.05) is 29.3 Å². The van der Waals surface area contributed by atoms with Crippen molar-refractivity contribution in [1.82, 2.24) is 10.2 Å². The molecular weight excluding hydrogens is 266 g/mol. The van der Waals surface area contributed by atoms with Crippen LogP contribution in [0.2, 0.25) is 10.3 Å². The van der Waals surface area contributed by atoms with Crippen LogP contribution in [0.1, 0.15) is 5.56 Å². The van der Waals surface area contributed by atoms with Crippen LogP contribution in [0.5, 0.6) is 11.5 Å². The van der Waals surface area contributed by atoms with E-state index >= 15 is 0 Å². The van der Waals surface area contributed by atoms with Crippen LogP contribution >= 0.6 is 23.2 Å². The molecule has 0 aliphatic rings. The number of nitrogens with zero attached hydrogens (tertiary/aromatic N) is 2. The number of benzene rings is 1. The number of ether oxygens (including phenoxy) is 1. The van der Waals surface area contributed by atoms with Crippen LogP contribution in [-0.4, -0.2) is 10.2 Å². The summed E-state index contributed by atoms with van der Waals surface area (Å²) < 4.78 is 18.8. The number of rotatable bonds is 2. The van der Waals surface area contributed by atoms with Gasteiger partial charge in [-0.3, -0.25) is 0 Å². The normalized spacial score (nSPS) is 10.4. The fourth-order valence-corrected chi connectivity index (χ4v) is 1.48. The van der Waals surface area contributed by atoms with Crippen molar-refractivity contribution >= 4 is 23.2 Å². The third kappa shape index (κ3) is 2.84. The topological polar surface area (TPSA) is 35.0 Å². The fraction of sp³-hybridized carbons (Fsp3) is 0.0909. The van der Waals surface area contributed by atoms with E-state index in [-0.39, 0.29) is 21.8 Å². The molecule has 88 valence electrons. The van der Waals surface area contributed by atoms with Gasteiger partial charge in [0.2, 0.25) is 0 Å². The first-order valence-corrected chi connectivity index (χ1v) is 5.44. The van der Waals surface area contributed by atoms with Crippen LogP contribution in [0.15, 0.2) is 24.3 Å². The monoisotopic (exact) mass is 272 g/mol. The number of aromatic nitrogens is 2. The summed E-state index contributed by atoms with van der Waals surface area (Å²) in [6.45, 7) is 1.83. The van der Waals surface area contributed by atoms with Crippen molar-refractivity contribution < 1.29 is 9.13 Å². The zero-order chi connectivity index (χ0) is 12.4. The Bertz CT molecular complexity index is 514. The lowest BCUT2D eigenvalue weighted by Crippen LogP contribution is -1.93. The van der Waals surface area contributed by atoms with Crippen molar-refractivity contribution in [3.05, 3.63) is 46.0 Å². The quantitative estimate of drug-likeness (QED) is 0.828. The second-order valence-electron chi connectivity index (χ2n) is 3.36. The summed E-state index contributed by atoms with van der Waals surface area (Å²) in [5.74, 6) is -0.258. The second-order valence-corrected chi connectivity index (χ2v) is 4.10. The van der Waals surface area contributed by atoms with Crippen molar-refractivity contribution in [2.24, 2.45) is 0 Å². The summed E-state index contributed by atoms with van der Waals surface area (Å²) in [6, 6.07) is 5.88. The highest BCUT2D eigenvalue weighted by Crippen LogP contribution is 2.30. The van der Waals surface area contributed by atoms with Crippen molar-refractivity contribution in [3.63, 3.8) is 0 Å². The first kappa shape index (κ1) is 12.1. The summed E-state index contributed by atoms with van der Waals surface area (Å²) in [4.78, 5) is 0. The van der Waals surface area contributed by atoms with Gasteiger partial charge in [0, 0.05) is 6.07 Å². The van der Waals surface area contributed by atoms with E-state index < -0.39 is 5.82 Å². The lowest BCUT2D eigenvalue weighted by Gasteiger charge is -2.08. The smallest absolute Gasteiger partial charge is 0.194 e. The van der Waals surface area contributed by atoms with E-state index in [0.717, 1.165) is 5.56 Å². The summed E-state index contributed by atoms with van der Waals surface area (Å²) in [5.41, 5.74) is 0.866. The van der Waals surface area contributed by atoms with E-state index in [1.54, 1.807) is 12.1 Å². The average molecular weight is 273 g/mol. The van der Waals surface area contributed by atoms with Gasteiger partial charge in [0.25, 0.3) is 0 Å². The van der Waals surface area contributed by atoms with E-state index in [0.29, 0.717) is 0 Å². The SMILES string of the molecule is Cc1ccc(F)c(Oc2cc(Cl)nnc2Cl)c1. The van der Waals surface area contributed by atoms with Crippen LogP contribution < -0.4 is 4.74 Å². The predicted molar refractivity (Wildman–Crippen MR) is 63.3 cm³/mol. The summed E-state index contributed by atoms with van der Waals surface area (Å²) >= 11 is 11.4. The van der Waals surface area contributed by atoms with Gasteiger partial charge in [0.05, 0.1) is 0 Å². The van der Waals surface area contributed by atoms with Gasteiger partial charge in [0.15, 0.2) is 27.6 Å². The highest BCUT2D eigenvalue weighted by molar-refractivity contribution is 6.32. The van der Waals surface area contributed by atoms with Crippen LogP contribution in [0.25, 0.3) is 0 Å². The summed E-state index contributed by atoms with van der Waals surface area (Å²) in [6.07, 6.45) is 0. The molecule has 6 heteroatoms. The van der Waals surface area contributed by atoms with Crippen LogP contribution in [0.3, 0.4) is 0 Å². The molecule has 1 heterocycles. The van der Waals surface area contributed by atoms with Crippen molar-refractivity contribution in [2.75, 3.05) is 0 Å². The predicted octanol–water partition coefficient (Wildman–Crippen LogP) is 4.02. The lowest BCUT2D eigenvalue weighted by atomic mass is 10.2. The molecule has 0 saturated heterocycles. The Kier molecular flexibility index (Phi) is 3.45. The highest BCUT2D eigenvalue weighted by Gasteiger charge is 2.10. The number of aryl methyl sites for hydroxylation is 1. The third-order valence-corrected chi connectivity index (χ3v) is 2.44. The minimum Gasteiger partial charge on any atom is -0.451 e. The number of halogens is 3. The number of hydrogen-bond donors (Lipinski definition) is 0. The molecule has 0 unspecified atom stereocenters. The van der Waals surface area contributed by atoms with Gasteiger partial charge in [-0.2, -0.15) is 0 Å². The van der Waals surface area contributed by atoms with Crippen molar-refractivity contribution in [2.45, 2.75) is 6.92 Å². The van der Waals surface area contributed by atoms with Crippen molar-refractivity contribution in [1.29, 1.82) is 0 Å². The Morgan fingerprint density at radius 2 is 1.88 bits per heavy atom. The average Bonchev–Trinajstić information content (AvgIpc) is 2.28. The zero-order valence-corrected chi connectivity index (χ0v) is 10.3. The molecule has 17 heavy (non-hydrogen) atoms. The summed E-state index contributed by atoms with van der Waals surface area (Å²) in [7, 11) is 0. The Morgan fingerprint density at radius 3 is 2.65 bits per heavy atom. The molecule has 2 rings (SSSR count). The van der Waals surface area contributed by atoms with Gasteiger partial charge in [-0.15, -0.1) is 10.2 Å². The maximum absolute atomic E-state index is 13.5. The van der Waals surface area contributed by atoms with E-state index in [9.17, 15) is 4.39 Å². The molecule has 0 saturated carbocycles. The molecule has 0 bridgehead atoms. The van der Waals surface area contributed by atoms with E-state index in [1.165, 1.54) is 12.1 Å². The fourth-order valence-electron chi connectivity index (χ4n) is 1.22. The Labute approximate surface area is 107 Å². The maximum Gasteiger partial charge on any atom is 0.194 e. The molecule has 0 aliphatic heterocycles. The molecule has 1 aromatic carbocycles. The van der Waals surface area contributed by atoms with Gasteiger partial charge in [-0.25, -0.2) is 4.39 Å². The molecule has 0 aliphatic carbocycles. The zero-order valence-electron chi connectivity index (χ0n) is 8.75. The first-order valence-electron chi connectivity index (χ1n) is 4.69. The largest absolute Gasteiger partial charge is 0.451 e. The van der Waals surface area contributed by atoms with Crippen LogP contribution in [-0.2, 0) is 0 Å². The summed E-state index contributed by atoms with van der Waals surface area (Å²) in [5, 5.41) is 7.24. The Hall–Kier alpha value is -1.39. The standard InChI is InChI=1S/C11H7Cl2FN2O/c1-6-2-3-7(14)8(4-6)17-9-5-10(12)15-16-11(9)13/h2-5H,1H3. The molecule has 3 nitrogen and oxygen atoms in total. The first-order chi connectivity index (χ1) is 8.06. The van der Waals surface area contributed by atoms with Gasteiger partial charge >= 0.3 is 0 Å². The molecule has 0 fully saturated rings. The molecule has 0 N–H and O–H groups in total. The lowest BCUT2D eigenvalue weighted by molar-refractivity contribution is 0.439. The molecule has 1 aromatic heterocycles. The van der Waals surface area contributed by atoms with E-state index in [4.69, 9.17) is 27.9 Å². The Morgan fingerprint density at radius 1 is 1.12 bits per heavy atom. The minimum atomic E-state index is -0.486. The van der Waals surface area contributed by atoms with Crippen LogP contribution in [0.4, 0.5) is 4.39 Å². The Balaban J connectivity index is 2.37. The van der Waals surface area contributed by atoms with Crippen molar-refractivity contribution in [3.8, 4) is 11.5 Å². The van der Waals surface area contributed by atoms with Gasteiger partial charge in [-0.05, 0) is 24.6 Å².